The molecule has 0 fully saturated rings. The van der Waals surface area contributed by atoms with Gasteiger partial charge in [-0.25, -0.2) is 0 Å². The van der Waals surface area contributed by atoms with E-state index in [-0.39, 0.29) is 18.3 Å². The molecular formula is C14H22Cl2N2O2. The first-order valence-electron chi connectivity index (χ1n) is 6.19. The van der Waals surface area contributed by atoms with Crippen molar-refractivity contribution in [1.29, 1.82) is 0 Å². The summed E-state index contributed by atoms with van der Waals surface area (Å²) in [6.07, 6.45) is 0.320. The molecule has 0 heterocycles. The molecule has 0 unspecified atom stereocenters. The van der Waals surface area contributed by atoms with E-state index in [9.17, 15) is 4.79 Å². The minimum Gasteiger partial charge on any atom is -0.492 e. The summed E-state index contributed by atoms with van der Waals surface area (Å²) in [5.74, 6) is 0.717. The Kier molecular flexibility index (Phi) is 7.94. The van der Waals surface area contributed by atoms with Crippen LogP contribution in [0.5, 0.6) is 5.75 Å². The molecule has 0 aliphatic carbocycles. The molecule has 1 rings (SSSR count). The number of carbonyl (C=O) groups is 1. The zero-order chi connectivity index (χ0) is 14.5. The Balaban J connectivity index is 0.00000361. The predicted molar refractivity (Wildman–Crippen MR) is 84.7 cm³/mol. The lowest BCUT2D eigenvalue weighted by atomic mass is 10.0. The molecule has 0 bridgehead atoms. The van der Waals surface area contributed by atoms with Crippen molar-refractivity contribution in [2.75, 3.05) is 20.2 Å². The Bertz CT molecular complexity index is 433. The van der Waals surface area contributed by atoms with E-state index in [1.807, 2.05) is 26.0 Å². The summed E-state index contributed by atoms with van der Waals surface area (Å²) < 4.78 is 5.53. The number of carbonyl (C=O) groups excluding carboxylic acids is 1. The lowest BCUT2D eigenvalue weighted by molar-refractivity contribution is -0.131. The van der Waals surface area contributed by atoms with Gasteiger partial charge >= 0.3 is 0 Å². The second-order valence-electron chi connectivity index (χ2n) is 5.29. The highest BCUT2D eigenvalue weighted by atomic mass is 35.5. The van der Waals surface area contributed by atoms with Gasteiger partial charge in [0.05, 0.1) is 6.54 Å². The van der Waals surface area contributed by atoms with Crippen LogP contribution in [-0.2, 0) is 4.79 Å². The molecule has 0 radical (unpaired) electrons. The Morgan fingerprint density at radius 2 is 2.10 bits per heavy atom. The number of likely N-dealkylation sites (N-methyl/N-ethyl adjacent to an activating group) is 1. The fourth-order valence-corrected chi connectivity index (χ4v) is 1.69. The molecule has 1 aromatic rings. The number of rotatable bonds is 6. The van der Waals surface area contributed by atoms with Crippen molar-refractivity contribution in [3.8, 4) is 5.75 Å². The molecule has 0 aliphatic rings. The summed E-state index contributed by atoms with van der Waals surface area (Å²) in [6.45, 7) is 4.61. The Morgan fingerprint density at radius 3 is 2.65 bits per heavy atom. The van der Waals surface area contributed by atoms with Gasteiger partial charge in [0.1, 0.15) is 12.4 Å². The highest BCUT2D eigenvalue weighted by Gasteiger charge is 2.19. The molecular weight excluding hydrogens is 299 g/mol. The molecule has 0 spiro atoms. The number of ether oxygens (including phenoxy) is 1. The van der Waals surface area contributed by atoms with E-state index in [1.165, 1.54) is 0 Å². The van der Waals surface area contributed by atoms with Crippen molar-refractivity contribution in [1.82, 2.24) is 4.90 Å². The molecule has 114 valence electrons. The van der Waals surface area contributed by atoms with Crippen LogP contribution in [0.2, 0.25) is 5.02 Å². The topological polar surface area (TPSA) is 55.6 Å². The minimum atomic E-state index is -0.487. The summed E-state index contributed by atoms with van der Waals surface area (Å²) in [4.78, 5) is 13.4. The third-order valence-corrected chi connectivity index (χ3v) is 2.76. The first kappa shape index (κ1) is 19.0. The Morgan fingerprint density at radius 1 is 1.45 bits per heavy atom. The number of halogens is 2. The van der Waals surface area contributed by atoms with Crippen LogP contribution < -0.4 is 10.5 Å². The van der Waals surface area contributed by atoms with Gasteiger partial charge in [-0.3, -0.25) is 4.79 Å². The molecule has 0 aliphatic heterocycles. The molecule has 0 aromatic heterocycles. The molecule has 0 atom stereocenters. The third-order valence-electron chi connectivity index (χ3n) is 2.52. The third kappa shape index (κ3) is 7.58. The van der Waals surface area contributed by atoms with Gasteiger partial charge in [0, 0.05) is 24.0 Å². The number of benzene rings is 1. The zero-order valence-electron chi connectivity index (χ0n) is 12.1. The van der Waals surface area contributed by atoms with Crippen LogP contribution >= 0.6 is 24.0 Å². The van der Waals surface area contributed by atoms with Crippen molar-refractivity contribution >= 4 is 29.9 Å². The van der Waals surface area contributed by atoms with Gasteiger partial charge in [-0.15, -0.1) is 12.4 Å². The second-order valence-corrected chi connectivity index (χ2v) is 5.72. The van der Waals surface area contributed by atoms with Crippen LogP contribution in [0.4, 0.5) is 0 Å². The fourth-order valence-electron chi connectivity index (χ4n) is 1.51. The van der Waals surface area contributed by atoms with E-state index in [1.54, 1.807) is 24.1 Å². The average molecular weight is 321 g/mol. The fraction of sp³-hybridized carbons (Fsp3) is 0.500. The predicted octanol–water partition coefficient (Wildman–Crippen LogP) is 2.73. The number of amides is 1. The number of hydrogen-bond acceptors (Lipinski definition) is 3. The van der Waals surface area contributed by atoms with E-state index in [4.69, 9.17) is 22.1 Å². The van der Waals surface area contributed by atoms with E-state index in [0.717, 1.165) is 0 Å². The van der Waals surface area contributed by atoms with E-state index in [2.05, 4.69) is 0 Å². The molecule has 1 amide bonds. The molecule has 20 heavy (non-hydrogen) atoms. The lowest BCUT2D eigenvalue weighted by Crippen LogP contribution is -2.40. The highest BCUT2D eigenvalue weighted by molar-refractivity contribution is 6.30. The van der Waals surface area contributed by atoms with Crippen LogP contribution in [0.25, 0.3) is 0 Å². The van der Waals surface area contributed by atoms with Crippen molar-refractivity contribution in [3.05, 3.63) is 29.3 Å². The quantitative estimate of drug-likeness (QED) is 0.876. The SMILES string of the molecule is CN(CCOc1cccc(Cl)c1)C(=O)CC(C)(C)N.Cl. The van der Waals surface area contributed by atoms with Gasteiger partial charge in [0.15, 0.2) is 0 Å². The molecule has 6 heteroatoms. The smallest absolute Gasteiger partial charge is 0.224 e. The highest BCUT2D eigenvalue weighted by Crippen LogP contribution is 2.17. The number of hydrogen-bond donors (Lipinski definition) is 1. The monoisotopic (exact) mass is 320 g/mol. The van der Waals surface area contributed by atoms with Crippen LogP contribution in [0.15, 0.2) is 24.3 Å². The van der Waals surface area contributed by atoms with E-state index >= 15 is 0 Å². The van der Waals surface area contributed by atoms with Crippen LogP contribution in [0.3, 0.4) is 0 Å². The van der Waals surface area contributed by atoms with Gasteiger partial charge in [-0.1, -0.05) is 17.7 Å². The molecule has 1 aromatic carbocycles. The molecule has 2 N–H and O–H groups in total. The van der Waals surface area contributed by atoms with Crippen molar-refractivity contribution in [2.24, 2.45) is 5.73 Å². The normalized spacial score (nSPS) is 10.7. The average Bonchev–Trinajstić information content (AvgIpc) is 2.26. The van der Waals surface area contributed by atoms with Crippen LogP contribution in [-0.4, -0.2) is 36.5 Å². The standard InChI is InChI=1S/C14H21ClN2O2.ClH/c1-14(2,16)10-13(18)17(3)7-8-19-12-6-4-5-11(15)9-12;/h4-6,9H,7-8,10,16H2,1-3H3;1H. The van der Waals surface area contributed by atoms with Gasteiger partial charge in [0.25, 0.3) is 0 Å². The van der Waals surface area contributed by atoms with Gasteiger partial charge in [0.2, 0.25) is 5.91 Å². The Labute approximate surface area is 131 Å². The maximum Gasteiger partial charge on any atom is 0.224 e. The van der Waals surface area contributed by atoms with Crippen LogP contribution in [0.1, 0.15) is 20.3 Å². The van der Waals surface area contributed by atoms with E-state index < -0.39 is 5.54 Å². The maximum atomic E-state index is 11.8. The maximum absolute atomic E-state index is 11.8. The number of nitrogens with zero attached hydrogens (tertiary/aromatic N) is 1. The zero-order valence-corrected chi connectivity index (χ0v) is 13.6. The van der Waals surface area contributed by atoms with Gasteiger partial charge < -0.3 is 15.4 Å². The van der Waals surface area contributed by atoms with Crippen molar-refractivity contribution in [3.63, 3.8) is 0 Å². The van der Waals surface area contributed by atoms with Crippen molar-refractivity contribution in [2.45, 2.75) is 25.8 Å². The summed E-state index contributed by atoms with van der Waals surface area (Å²) >= 11 is 5.85. The lowest BCUT2D eigenvalue weighted by Gasteiger charge is -2.23. The van der Waals surface area contributed by atoms with Gasteiger partial charge in [-0.2, -0.15) is 0 Å². The molecule has 0 saturated heterocycles. The first-order chi connectivity index (χ1) is 8.78. The first-order valence-corrected chi connectivity index (χ1v) is 6.57. The minimum absolute atomic E-state index is 0. The second kappa shape index (κ2) is 8.35. The molecule has 0 saturated carbocycles. The Hall–Kier alpha value is -0.970. The van der Waals surface area contributed by atoms with E-state index in [0.29, 0.717) is 30.3 Å². The largest absolute Gasteiger partial charge is 0.492 e. The van der Waals surface area contributed by atoms with Crippen molar-refractivity contribution < 1.29 is 9.53 Å². The van der Waals surface area contributed by atoms with Crippen LogP contribution in [0, 0.1) is 0 Å². The summed E-state index contributed by atoms with van der Waals surface area (Å²) in [6, 6.07) is 7.18. The summed E-state index contributed by atoms with van der Waals surface area (Å²) in [5.41, 5.74) is 5.33. The molecule has 4 nitrogen and oxygen atoms in total. The summed E-state index contributed by atoms with van der Waals surface area (Å²) in [5, 5.41) is 0.631. The summed E-state index contributed by atoms with van der Waals surface area (Å²) in [7, 11) is 1.75. The number of nitrogens with two attached hydrogens (primary N) is 1. The van der Waals surface area contributed by atoms with Gasteiger partial charge in [-0.05, 0) is 32.0 Å².